The highest BCUT2D eigenvalue weighted by Crippen LogP contribution is 2.33. The minimum absolute atomic E-state index is 0.0173. The van der Waals surface area contributed by atoms with E-state index in [0.29, 0.717) is 38.2 Å². The number of esters is 1. The second-order valence-electron chi connectivity index (χ2n) is 6.65. The van der Waals surface area contributed by atoms with E-state index in [1.165, 1.54) is 12.1 Å². The maximum atomic E-state index is 12.6. The normalized spacial score (nSPS) is 20.7. The van der Waals surface area contributed by atoms with Crippen LogP contribution in [0.15, 0.2) is 23.1 Å². The van der Waals surface area contributed by atoms with Crippen LogP contribution in [0.4, 0.5) is 5.69 Å². The number of nitrogens with zero attached hydrogens (tertiary/aromatic N) is 1. The van der Waals surface area contributed by atoms with Crippen molar-refractivity contribution in [2.75, 3.05) is 24.7 Å². The molecular formula is C17H22N2O6S. The third-order valence-corrected chi connectivity index (χ3v) is 5.67. The number of anilines is 1. The smallest absolute Gasteiger partial charge is 0.309 e. The van der Waals surface area contributed by atoms with E-state index in [2.05, 4.69) is 0 Å². The second-order valence-corrected chi connectivity index (χ2v) is 8.21. The Morgan fingerprint density at radius 3 is 2.65 bits per heavy atom. The predicted molar refractivity (Wildman–Crippen MR) is 93.0 cm³/mol. The first kappa shape index (κ1) is 18.8. The van der Waals surface area contributed by atoms with E-state index in [0.717, 1.165) is 5.56 Å². The van der Waals surface area contributed by atoms with Crippen molar-refractivity contribution in [3.8, 4) is 0 Å². The summed E-state index contributed by atoms with van der Waals surface area (Å²) in [5.74, 6) is -0.935. The second kappa shape index (κ2) is 7.34. The van der Waals surface area contributed by atoms with Crippen molar-refractivity contribution in [3.63, 3.8) is 0 Å². The Labute approximate surface area is 152 Å². The van der Waals surface area contributed by atoms with Crippen LogP contribution in [-0.2, 0) is 35.5 Å². The molecule has 1 saturated heterocycles. The molecular weight excluding hydrogens is 360 g/mol. The molecule has 2 N–H and O–H groups in total. The van der Waals surface area contributed by atoms with E-state index < -0.39 is 10.0 Å². The van der Waals surface area contributed by atoms with Crippen molar-refractivity contribution >= 4 is 27.6 Å². The largest absolute Gasteiger partial charge is 0.455 e. The van der Waals surface area contributed by atoms with Crippen LogP contribution in [0.25, 0.3) is 0 Å². The third-order valence-electron chi connectivity index (χ3n) is 4.76. The van der Waals surface area contributed by atoms with Crippen molar-refractivity contribution in [3.05, 3.63) is 23.8 Å². The molecule has 1 atom stereocenters. The standard InChI is InChI=1S/C17H22N2O6S/c1-11-8-13-9-14(26(18,22)23)2-3-15(13)19(11)16(20)10-25-17(21)12-4-6-24-7-5-12/h2-3,9,11-12H,4-8,10H2,1H3,(H2,18,22,23). The number of carbonyl (C=O) groups is 2. The summed E-state index contributed by atoms with van der Waals surface area (Å²) in [7, 11) is -3.80. The molecule has 0 bridgehead atoms. The topological polar surface area (TPSA) is 116 Å². The molecule has 0 saturated carbocycles. The van der Waals surface area contributed by atoms with Gasteiger partial charge < -0.3 is 14.4 Å². The maximum Gasteiger partial charge on any atom is 0.309 e. The van der Waals surface area contributed by atoms with E-state index in [1.807, 2.05) is 6.92 Å². The molecule has 26 heavy (non-hydrogen) atoms. The van der Waals surface area contributed by atoms with Crippen LogP contribution in [0.2, 0.25) is 0 Å². The molecule has 0 aromatic heterocycles. The average molecular weight is 382 g/mol. The molecule has 8 nitrogen and oxygen atoms in total. The lowest BCUT2D eigenvalue weighted by atomic mass is 10.0. The average Bonchev–Trinajstić information content (AvgIpc) is 2.94. The highest BCUT2D eigenvalue weighted by Gasteiger charge is 2.33. The highest BCUT2D eigenvalue weighted by atomic mass is 32.2. The van der Waals surface area contributed by atoms with Gasteiger partial charge in [-0.3, -0.25) is 9.59 Å². The van der Waals surface area contributed by atoms with E-state index in [1.54, 1.807) is 11.0 Å². The molecule has 1 aromatic carbocycles. The zero-order valence-corrected chi connectivity index (χ0v) is 15.3. The van der Waals surface area contributed by atoms with Gasteiger partial charge in [0, 0.05) is 24.9 Å². The number of ether oxygens (including phenoxy) is 2. The molecule has 1 amide bonds. The molecule has 1 unspecified atom stereocenters. The van der Waals surface area contributed by atoms with Crippen molar-refractivity contribution in [2.24, 2.45) is 11.1 Å². The van der Waals surface area contributed by atoms with Crippen LogP contribution in [0.1, 0.15) is 25.3 Å². The summed E-state index contributed by atoms with van der Waals surface area (Å²) in [6.07, 6.45) is 1.72. The third kappa shape index (κ3) is 3.89. The molecule has 0 aliphatic carbocycles. The number of hydrogen-bond donors (Lipinski definition) is 1. The minimum Gasteiger partial charge on any atom is -0.455 e. The van der Waals surface area contributed by atoms with Gasteiger partial charge in [-0.05, 0) is 49.9 Å². The number of primary sulfonamides is 1. The van der Waals surface area contributed by atoms with E-state index in [9.17, 15) is 18.0 Å². The molecule has 1 aromatic rings. The number of amides is 1. The number of carbonyl (C=O) groups excluding carboxylic acids is 2. The molecule has 142 valence electrons. The first-order chi connectivity index (χ1) is 12.3. The molecule has 3 rings (SSSR count). The van der Waals surface area contributed by atoms with Crippen LogP contribution in [0.3, 0.4) is 0 Å². The fourth-order valence-corrected chi connectivity index (χ4v) is 3.98. The van der Waals surface area contributed by atoms with Gasteiger partial charge in [-0.2, -0.15) is 0 Å². The molecule has 0 radical (unpaired) electrons. The lowest BCUT2D eigenvalue weighted by molar-refractivity contribution is -0.154. The molecule has 2 aliphatic rings. The zero-order chi connectivity index (χ0) is 18.9. The van der Waals surface area contributed by atoms with Crippen LogP contribution in [0.5, 0.6) is 0 Å². The van der Waals surface area contributed by atoms with E-state index in [4.69, 9.17) is 14.6 Å². The van der Waals surface area contributed by atoms with Crippen molar-refractivity contribution in [1.82, 2.24) is 0 Å². The Kier molecular flexibility index (Phi) is 5.31. The number of sulfonamides is 1. The zero-order valence-electron chi connectivity index (χ0n) is 14.5. The van der Waals surface area contributed by atoms with Gasteiger partial charge in [-0.25, -0.2) is 13.6 Å². The van der Waals surface area contributed by atoms with Gasteiger partial charge in [-0.1, -0.05) is 0 Å². The van der Waals surface area contributed by atoms with Gasteiger partial charge in [-0.15, -0.1) is 0 Å². The lowest BCUT2D eigenvalue weighted by Gasteiger charge is -2.24. The fourth-order valence-electron chi connectivity index (χ4n) is 3.42. The van der Waals surface area contributed by atoms with Crippen molar-refractivity contribution < 1.29 is 27.5 Å². The first-order valence-corrected chi connectivity index (χ1v) is 10.0. The predicted octanol–water partition coefficient (Wildman–Crippen LogP) is 0.581. The van der Waals surface area contributed by atoms with E-state index >= 15 is 0 Å². The van der Waals surface area contributed by atoms with Gasteiger partial charge in [0.25, 0.3) is 5.91 Å². The summed E-state index contributed by atoms with van der Waals surface area (Å²) in [6.45, 7) is 2.57. The van der Waals surface area contributed by atoms with Gasteiger partial charge >= 0.3 is 5.97 Å². The number of rotatable bonds is 4. The number of benzene rings is 1. The van der Waals surface area contributed by atoms with Crippen molar-refractivity contribution in [1.29, 1.82) is 0 Å². The molecule has 2 aliphatic heterocycles. The number of nitrogens with two attached hydrogens (primary N) is 1. The first-order valence-electron chi connectivity index (χ1n) is 8.49. The fraction of sp³-hybridized carbons (Fsp3) is 0.529. The van der Waals surface area contributed by atoms with Crippen LogP contribution in [0, 0.1) is 5.92 Å². The van der Waals surface area contributed by atoms with Crippen LogP contribution >= 0.6 is 0 Å². The quantitative estimate of drug-likeness (QED) is 0.762. The number of hydrogen-bond acceptors (Lipinski definition) is 6. The summed E-state index contributed by atoms with van der Waals surface area (Å²) in [5.41, 5.74) is 1.35. The Bertz CT molecular complexity index is 817. The monoisotopic (exact) mass is 382 g/mol. The maximum absolute atomic E-state index is 12.6. The van der Waals surface area contributed by atoms with Crippen molar-refractivity contribution in [2.45, 2.75) is 37.1 Å². The molecule has 1 fully saturated rings. The van der Waals surface area contributed by atoms with Gasteiger partial charge in [0.05, 0.1) is 10.8 Å². The Morgan fingerprint density at radius 2 is 2.00 bits per heavy atom. The lowest BCUT2D eigenvalue weighted by Crippen LogP contribution is -2.39. The van der Waals surface area contributed by atoms with Gasteiger partial charge in [0.15, 0.2) is 6.61 Å². The highest BCUT2D eigenvalue weighted by molar-refractivity contribution is 7.89. The van der Waals surface area contributed by atoms with Crippen LogP contribution in [-0.4, -0.2) is 46.2 Å². The molecule has 9 heteroatoms. The summed E-state index contributed by atoms with van der Waals surface area (Å²) in [4.78, 5) is 26.2. The summed E-state index contributed by atoms with van der Waals surface area (Å²) in [5, 5.41) is 5.16. The van der Waals surface area contributed by atoms with E-state index in [-0.39, 0.29) is 35.3 Å². The Hall–Kier alpha value is -1.97. The molecule has 0 spiro atoms. The number of fused-ring (bicyclic) bond motifs is 1. The van der Waals surface area contributed by atoms with Gasteiger partial charge in [0.2, 0.25) is 10.0 Å². The Morgan fingerprint density at radius 1 is 1.31 bits per heavy atom. The van der Waals surface area contributed by atoms with Gasteiger partial charge in [0.1, 0.15) is 0 Å². The Balaban J connectivity index is 1.68. The summed E-state index contributed by atoms with van der Waals surface area (Å²) in [6, 6.07) is 4.27. The SMILES string of the molecule is CC1Cc2cc(S(N)(=O)=O)ccc2N1C(=O)COC(=O)C1CCOCC1. The van der Waals surface area contributed by atoms with Crippen LogP contribution < -0.4 is 10.0 Å². The minimum atomic E-state index is -3.80. The molecule has 2 heterocycles. The summed E-state index contributed by atoms with van der Waals surface area (Å²) >= 11 is 0. The summed E-state index contributed by atoms with van der Waals surface area (Å²) < 4.78 is 33.4.